The molecule has 2 amide bonds. The van der Waals surface area contributed by atoms with Gasteiger partial charge in [-0.25, -0.2) is 13.9 Å². The molecule has 1 aromatic heterocycles. The molecule has 0 saturated heterocycles. The van der Waals surface area contributed by atoms with E-state index < -0.39 is 0 Å². The molecule has 3 aromatic rings. The first kappa shape index (κ1) is 16.7. The number of rotatable bonds is 5. The van der Waals surface area contributed by atoms with Crippen molar-refractivity contribution in [3.63, 3.8) is 0 Å². The number of carbonyl (C=O) groups excluding carboxylic acids is 1. The average Bonchev–Trinajstić information content (AvgIpc) is 3.09. The van der Waals surface area contributed by atoms with Gasteiger partial charge < -0.3 is 10.2 Å². The van der Waals surface area contributed by atoms with Crippen LogP contribution >= 0.6 is 0 Å². The van der Waals surface area contributed by atoms with Crippen molar-refractivity contribution in [1.29, 1.82) is 0 Å². The van der Waals surface area contributed by atoms with Crippen LogP contribution in [-0.2, 0) is 13.1 Å². The van der Waals surface area contributed by atoms with Crippen molar-refractivity contribution in [3.8, 4) is 5.69 Å². The Morgan fingerprint density at radius 3 is 2.72 bits per heavy atom. The average molecular weight is 338 g/mol. The summed E-state index contributed by atoms with van der Waals surface area (Å²) in [4.78, 5) is 13.7. The van der Waals surface area contributed by atoms with Crippen LogP contribution in [0.3, 0.4) is 0 Å². The lowest BCUT2D eigenvalue weighted by Gasteiger charge is -2.17. The summed E-state index contributed by atoms with van der Waals surface area (Å²) in [5, 5.41) is 7.14. The van der Waals surface area contributed by atoms with E-state index in [0.717, 1.165) is 16.8 Å². The molecule has 128 valence electrons. The van der Waals surface area contributed by atoms with E-state index >= 15 is 0 Å². The van der Waals surface area contributed by atoms with Gasteiger partial charge in [0.25, 0.3) is 0 Å². The number of halogens is 1. The molecule has 0 fully saturated rings. The van der Waals surface area contributed by atoms with Gasteiger partial charge >= 0.3 is 6.03 Å². The summed E-state index contributed by atoms with van der Waals surface area (Å²) < 4.78 is 15.0. The lowest BCUT2D eigenvalue weighted by Crippen LogP contribution is -2.36. The van der Waals surface area contributed by atoms with Gasteiger partial charge in [-0.15, -0.1) is 0 Å². The molecule has 0 atom stereocenters. The lowest BCUT2D eigenvalue weighted by molar-refractivity contribution is 0.206. The van der Waals surface area contributed by atoms with E-state index in [1.165, 1.54) is 17.0 Å². The molecule has 0 radical (unpaired) electrons. The van der Waals surface area contributed by atoms with Gasteiger partial charge in [0.1, 0.15) is 5.82 Å². The molecule has 5 nitrogen and oxygen atoms in total. The second kappa shape index (κ2) is 7.61. The van der Waals surface area contributed by atoms with E-state index in [4.69, 9.17) is 0 Å². The van der Waals surface area contributed by atoms with Crippen LogP contribution in [0.25, 0.3) is 5.69 Å². The highest BCUT2D eigenvalue weighted by Crippen LogP contribution is 2.08. The second-order valence-electron chi connectivity index (χ2n) is 5.77. The SMILES string of the molecule is CN(Cc1cccc(F)c1)C(=O)NCc1cnn(-c2ccccc2)c1. The van der Waals surface area contributed by atoms with Crippen LogP contribution < -0.4 is 5.32 Å². The van der Waals surface area contributed by atoms with Crippen LogP contribution in [0.2, 0.25) is 0 Å². The molecular weight excluding hydrogens is 319 g/mol. The normalized spacial score (nSPS) is 10.5. The molecule has 0 spiro atoms. The van der Waals surface area contributed by atoms with E-state index in [1.54, 1.807) is 30.1 Å². The first-order valence-electron chi connectivity index (χ1n) is 7.94. The van der Waals surface area contributed by atoms with Gasteiger partial charge in [0.05, 0.1) is 11.9 Å². The monoisotopic (exact) mass is 338 g/mol. The van der Waals surface area contributed by atoms with Gasteiger partial charge in [0.15, 0.2) is 0 Å². The Labute approximate surface area is 145 Å². The molecule has 1 heterocycles. The predicted molar refractivity (Wildman–Crippen MR) is 93.7 cm³/mol. The van der Waals surface area contributed by atoms with Crippen LogP contribution in [0.5, 0.6) is 0 Å². The third-order valence-corrected chi connectivity index (χ3v) is 3.76. The minimum absolute atomic E-state index is 0.225. The minimum Gasteiger partial charge on any atom is -0.334 e. The number of hydrogen-bond donors (Lipinski definition) is 1. The fourth-order valence-electron chi connectivity index (χ4n) is 2.47. The topological polar surface area (TPSA) is 50.2 Å². The second-order valence-corrected chi connectivity index (χ2v) is 5.77. The van der Waals surface area contributed by atoms with Gasteiger partial charge in [-0.2, -0.15) is 5.10 Å². The van der Waals surface area contributed by atoms with Gasteiger partial charge in [-0.3, -0.25) is 0 Å². The Kier molecular flexibility index (Phi) is 5.09. The number of aromatic nitrogens is 2. The van der Waals surface area contributed by atoms with Crippen molar-refractivity contribution in [3.05, 3.63) is 83.9 Å². The van der Waals surface area contributed by atoms with E-state index in [-0.39, 0.29) is 11.8 Å². The maximum Gasteiger partial charge on any atom is 0.317 e. The Balaban J connectivity index is 1.54. The maximum absolute atomic E-state index is 13.2. The van der Waals surface area contributed by atoms with Crippen molar-refractivity contribution in [1.82, 2.24) is 20.0 Å². The van der Waals surface area contributed by atoms with Gasteiger partial charge in [-0.1, -0.05) is 30.3 Å². The van der Waals surface area contributed by atoms with Crippen molar-refractivity contribution in [2.45, 2.75) is 13.1 Å². The number of nitrogens with zero attached hydrogens (tertiary/aromatic N) is 3. The molecule has 0 aliphatic rings. The highest BCUT2D eigenvalue weighted by atomic mass is 19.1. The quantitative estimate of drug-likeness (QED) is 0.775. The summed E-state index contributed by atoms with van der Waals surface area (Å²) in [6.45, 7) is 0.714. The van der Waals surface area contributed by atoms with E-state index in [0.29, 0.717) is 13.1 Å². The van der Waals surface area contributed by atoms with Crippen molar-refractivity contribution in [2.75, 3.05) is 7.05 Å². The van der Waals surface area contributed by atoms with E-state index in [9.17, 15) is 9.18 Å². The standard InChI is InChI=1S/C19H19FN4O/c1-23(13-15-6-5-7-17(20)10-15)19(25)21-11-16-12-22-24(14-16)18-8-3-2-4-9-18/h2-10,12,14H,11,13H2,1H3,(H,21,25). The Bertz CT molecular complexity index is 847. The Hall–Kier alpha value is -3.15. The zero-order chi connectivity index (χ0) is 17.6. The van der Waals surface area contributed by atoms with Crippen LogP contribution in [0, 0.1) is 5.82 Å². The number of hydrogen-bond acceptors (Lipinski definition) is 2. The molecule has 2 aromatic carbocycles. The number of nitrogens with one attached hydrogen (secondary N) is 1. The van der Waals surface area contributed by atoms with E-state index in [1.807, 2.05) is 36.5 Å². The molecule has 0 aliphatic heterocycles. The van der Waals surface area contributed by atoms with Gasteiger partial charge in [-0.05, 0) is 29.8 Å². The lowest BCUT2D eigenvalue weighted by atomic mass is 10.2. The number of urea groups is 1. The summed E-state index contributed by atoms with van der Waals surface area (Å²) in [6.07, 6.45) is 3.60. The number of carbonyl (C=O) groups is 1. The van der Waals surface area contributed by atoms with Crippen LogP contribution in [0.15, 0.2) is 67.0 Å². The molecule has 6 heteroatoms. The van der Waals surface area contributed by atoms with E-state index in [2.05, 4.69) is 10.4 Å². The molecule has 0 unspecified atom stereocenters. The Morgan fingerprint density at radius 1 is 1.16 bits per heavy atom. The minimum atomic E-state index is -0.306. The summed E-state index contributed by atoms with van der Waals surface area (Å²) in [5.74, 6) is -0.306. The maximum atomic E-state index is 13.2. The largest absolute Gasteiger partial charge is 0.334 e. The number of amides is 2. The summed E-state index contributed by atoms with van der Waals surface area (Å²) in [7, 11) is 1.67. The van der Waals surface area contributed by atoms with Gasteiger partial charge in [0.2, 0.25) is 0 Å². The zero-order valence-corrected chi connectivity index (χ0v) is 13.9. The third-order valence-electron chi connectivity index (χ3n) is 3.76. The molecule has 3 rings (SSSR count). The van der Waals surface area contributed by atoms with Crippen LogP contribution in [0.1, 0.15) is 11.1 Å². The number of benzene rings is 2. The summed E-state index contributed by atoms with van der Waals surface area (Å²) in [5.41, 5.74) is 2.61. The third kappa shape index (κ3) is 4.44. The van der Waals surface area contributed by atoms with Crippen LogP contribution in [0.4, 0.5) is 9.18 Å². The molecule has 0 aliphatic carbocycles. The smallest absolute Gasteiger partial charge is 0.317 e. The zero-order valence-electron chi connectivity index (χ0n) is 13.9. The predicted octanol–water partition coefficient (Wildman–Crippen LogP) is 3.35. The highest BCUT2D eigenvalue weighted by molar-refractivity contribution is 5.73. The first-order valence-corrected chi connectivity index (χ1v) is 7.94. The summed E-state index contributed by atoms with van der Waals surface area (Å²) >= 11 is 0. The van der Waals surface area contributed by atoms with Crippen LogP contribution in [-0.4, -0.2) is 27.8 Å². The molecular formula is C19H19FN4O. The fourth-order valence-corrected chi connectivity index (χ4v) is 2.47. The van der Waals surface area contributed by atoms with Gasteiger partial charge in [0, 0.05) is 31.9 Å². The highest BCUT2D eigenvalue weighted by Gasteiger charge is 2.10. The first-order chi connectivity index (χ1) is 12.1. The molecule has 1 N–H and O–H groups in total. The summed E-state index contributed by atoms with van der Waals surface area (Å²) in [6, 6.07) is 15.8. The molecule has 0 saturated carbocycles. The van der Waals surface area contributed by atoms with Crippen molar-refractivity contribution < 1.29 is 9.18 Å². The molecule has 25 heavy (non-hydrogen) atoms. The fraction of sp³-hybridized carbons (Fsp3) is 0.158. The Morgan fingerprint density at radius 2 is 1.96 bits per heavy atom. The van der Waals surface area contributed by atoms with Crippen molar-refractivity contribution >= 4 is 6.03 Å². The number of para-hydroxylation sites is 1. The van der Waals surface area contributed by atoms with Crippen molar-refractivity contribution in [2.24, 2.45) is 0 Å². The molecule has 0 bridgehead atoms.